The van der Waals surface area contributed by atoms with E-state index in [4.69, 9.17) is 9.47 Å². The summed E-state index contributed by atoms with van der Waals surface area (Å²) in [6.45, 7) is 7.02. The first-order chi connectivity index (χ1) is 9.24. The number of rotatable bonds is 6. The van der Waals surface area contributed by atoms with Crippen LogP contribution in [0.4, 0.5) is 0 Å². The van der Waals surface area contributed by atoms with Gasteiger partial charge in [0, 0.05) is 18.0 Å². The number of carbonyl (C=O) groups excluding carboxylic acids is 1. The molecule has 4 heteroatoms. The molecule has 1 aromatic carbocycles. The van der Waals surface area contributed by atoms with E-state index in [2.05, 4.69) is 17.9 Å². The Hall–Kier alpha value is -1.55. The van der Waals surface area contributed by atoms with Crippen molar-refractivity contribution in [1.82, 2.24) is 4.90 Å². The minimum atomic E-state index is -0.156. The Balaban J connectivity index is 1.94. The molecule has 19 heavy (non-hydrogen) atoms. The third-order valence-corrected chi connectivity index (χ3v) is 3.38. The van der Waals surface area contributed by atoms with Crippen LogP contribution < -0.4 is 4.74 Å². The molecular formula is C15H21NO3. The van der Waals surface area contributed by atoms with Crippen LogP contribution >= 0.6 is 0 Å². The standard InChI is InChI=1S/C15H21NO3/c1-3-16(10-15(17)18-4-2)9-12-11-19-14-8-6-5-7-13(12)14/h5-8,12H,3-4,9-11H2,1-2H3. The van der Waals surface area contributed by atoms with Crippen molar-refractivity contribution >= 4 is 5.97 Å². The first-order valence-electron chi connectivity index (χ1n) is 6.84. The summed E-state index contributed by atoms with van der Waals surface area (Å²) in [6.07, 6.45) is 0. The predicted molar refractivity (Wildman–Crippen MR) is 73.4 cm³/mol. The third kappa shape index (κ3) is 3.47. The number of carbonyl (C=O) groups is 1. The van der Waals surface area contributed by atoms with Gasteiger partial charge in [-0.25, -0.2) is 0 Å². The summed E-state index contributed by atoms with van der Waals surface area (Å²) >= 11 is 0. The Bertz CT molecular complexity index is 433. The molecule has 0 saturated heterocycles. The number of ether oxygens (including phenoxy) is 2. The van der Waals surface area contributed by atoms with Crippen molar-refractivity contribution in [2.45, 2.75) is 19.8 Å². The normalized spacial score (nSPS) is 17.1. The molecule has 0 N–H and O–H groups in total. The molecule has 1 atom stereocenters. The summed E-state index contributed by atoms with van der Waals surface area (Å²) in [5, 5.41) is 0. The lowest BCUT2D eigenvalue weighted by Gasteiger charge is -2.22. The zero-order valence-corrected chi connectivity index (χ0v) is 11.6. The van der Waals surface area contributed by atoms with Crippen molar-refractivity contribution in [3.8, 4) is 5.75 Å². The summed E-state index contributed by atoms with van der Waals surface area (Å²) < 4.78 is 10.7. The molecule has 4 nitrogen and oxygen atoms in total. The number of hydrogen-bond donors (Lipinski definition) is 0. The van der Waals surface area contributed by atoms with Gasteiger partial charge in [0.15, 0.2) is 0 Å². The van der Waals surface area contributed by atoms with Crippen LogP contribution in [-0.4, -0.2) is 43.7 Å². The van der Waals surface area contributed by atoms with Gasteiger partial charge in [-0.05, 0) is 19.5 Å². The van der Waals surface area contributed by atoms with Crippen molar-refractivity contribution in [2.75, 3.05) is 32.8 Å². The molecule has 0 saturated carbocycles. The van der Waals surface area contributed by atoms with Crippen LogP contribution in [0.25, 0.3) is 0 Å². The molecule has 1 aliphatic heterocycles. The van der Waals surface area contributed by atoms with Gasteiger partial charge in [-0.2, -0.15) is 0 Å². The second-order valence-corrected chi connectivity index (χ2v) is 4.68. The molecule has 0 aliphatic carbocycles. The molecule has 0 bridgehead atoms. The predicted octanol–water partition coefficient (Wildman–Crippen LogP) is 2.05. The molecule has 0 amide bonds. The Morgan fingerprint density at radius 1 is 1.42 bits per heavy atom. The van der Waals surface area contributed by atoms with Crippen molar-refractivity contribution in [2.24, 2.45) is 0 Å². The Morgan fingerprint density at radius 2 is 2.21 bits per heavy atom. The number of likely N-dealkylation sites (N-methyl/N-ethyl adjacent to an activating group) is 1. The maximum absolute atomic E-state index is 11.5. The first kappa shape index (κ1) is 13.9. The average Bonchev–Trinajstić information content (AvgIpc) is 2.82. The fourth-order valence-electron chi connectivity index (χ4n) is 2.39. The van der Waals surface area contributed by atoms with Gasteiger partial charge in [-0.3, -0.25) is 9.69 Å². The van der Waals surface area contributed by atoms with E-state index in [0.717, 1.165) is 18.8 Å². The van der Waals surface area contributed by atoms with Crippen molar-refractivity contribution in [1.29, 1.82) is 0 Å². The molecule has 0 spiro atoms. The Labute approximate surface area is 114 Å². The molecule has 1 aliphatic rings. The van der Waals surface area contributed by atoms with Crippen LogP contribution in [0, 0.1) is 0 Å². The van der Waals surface area contributed by atoms with E-state index in [1.54, 1.807) is 0 Å². The van der Waals surface area contributed by atoms with E-state index >= 15 is 0 Å². The minimum absolute atomic E-state index is 0.156. The van der Waals surface area contributed by atoms with Crippen LogP contribution in [0.5, 0.6) is 5.75 Å². The third-order valence-electron chi connectivity index (χ3n) is 3.38. The van der Waals surface area contributed by atoms with E-state index in [9.17, 15) is 4.79 Å². The lowest BCUT2D eigenvalue weighted by Crippen LogP contribution is -2.34. The molecule has 104 valence electrons. The second-order valence-electron chi connectivity index (χ2n) is 4.68. The summed E-state index contributed by atoms with van der Waals surface area (Å²) in [6, 6.07) is 8.11. The highest BCUT2D eigenvalue weighted by Gasteiger charge is 2.26. The van der Waals surface area contributed by atoms with Crippen molar-refractivity contribution < 1.29 is 14.3 Å². The van der Waals surface area contributed by atoms with E-state index in [1.807, 2.05) is 25.1 Å². The average molecular weight is 263 g/mol. The smallest absolute Gasteiger partial charge is 0.320 e. The van der Waals surface area contributed by atoms with Crippen LogP contribution in [0.2, 0.25) is 0 Å². The molecule has 0 radical (unpaired) electrons. The van der Waals surface area contributed by atoms with Crippen molar-refractivity contribution in [3.63, 3.8) is 0 Å². The number of fused-ring (bicyclic) bond motifs is 1. The first-order valence-corrected chi connectivity index (χ1v) is 6.84. The van der Waals surface area contributed by atoms with Gasteiger partial charge in [0.25, 0.3) is 0 Å². The maximum Gasteiger partial charge on any atom is 0.320 e. The van der Waals surface area contributed by atoms with Crippen molar-refractivity contribution in [3.05, 3.63) is 29.8 Å². The van der Waals surface area contributed by atoms with Gasteiger partial charge in [-0.15, -0.1) is 0 Å². The van der Waals surface area contributed by atoms with Crippen LogP contribution in [-0.2, 0) is 9.53 Å². The monoisotopic (exact) mass is 263 g/mol. The summed E-state index contributed by atoms with van der Waals surface area (Å²) in [7, 11) is 0. The van der Waals surface area contributed by atoms with Gasteiger partial charge in [0.2, 0.25) is 0 Å². The van der Waals surface area contributed by atoms with E-state index in [1.165, 1.54) is 5.56 Å². The number of para-hydroxylation sites is 1. The van der Waals surface area contributed by atoms with Gasteiger partial charge < -0.3 is 9.47 Å². The van der Waals surface area contributed by atoms with Crippen LogP contribution in [0.1, 0.15) is 25.3 Å². The topological polar surface area (TPSA) is 38.8 Å². The van der Waals surface area contributed by atoms with Crippen LogP contribution in [0.3, 0.4) is 0 Å². The number of benzene rings is 1. The number of esters is 1. The maximum atomic E-state index is 11.5. The highest BCUT2D eigenvalue weighted by atomic mass is 16.5. The highest BCUT2D eigenvalue weighted by molar-refractivity contribution is 5.71. The zero-order valence-electron chi connectivity index (χ0n) is 11.6. The number of hydrogen-bond acceptors (Lipinski definition) is 4. The van der Waals surface area contributed by atoms with E-state index in [0.29, 0.717) is 25.7 Å². The molecule has 1 heterocycles. The van der Waals surface area contributed by atoms with Crippen LogP contribution in [0.15, 0.2) is 24.3 Å². The largest absolute Gasteiger partial charge is 0.493 e. The molecule has 1 aromatic rings. The fraction of sp³-hybridized carbons (Fsp3) is 0.533. The molecular weight excluding hydrogens is 242 g/mol. The zero-order chi connectivity index (χ0) is 13.7. The van der Waals surface area contributed by atoms with E-state index in [-0.39, 0.29) is 5.97 Å². The SMILES string of the molecule is CCOC(=O)CN(CC)CC1COc2ccccc21. The van der Waals surface area contributed by atoms with E-state index < -0.39 is 0 Å². The lowest BCUT2D eigenvalue weighted by molar-refractivity contribution is -0.144. The quantitative estimate of drug-likeness (QED) is 0.736. The molecule has 2 rings (SSSR count). The van der Waals surface area contributed by atoms with Gasteiger partial charge in [0.1, 0.15) is 5.75 Å². The minimum Gasteiger partial charge on any atom is -0.493 e. The van der Waals surface area contributed by atoms with Gasteiger partial charge in [-0.1, -0.05) is 25.1 Å². The highest BCUT2D eigenvalue weighted by Crippen LogP contribution is 2.33. The fourth-order valence-corrected chi connectivity index (χ4v) is 2.39. The van der Waals surface area contributed by atoms with Gasteiger partial charge in [0.05, 0.1) is 19.8 Å². The Morgan fingerprint density at radius 3 is 2.95 bits per heavy atom. The summed E-state index contributed by atoms with van der Waals surface area (Å²) in [5.41, 5.74) is 1.24. The summed E-state index contributed by atoms with van der Waals surface area (Å²) in [4.78, 5) is 13.6. The summed E-state index contributed by atoms with van der Waals surface area (Å²) in [5.74, 6) is 1.15. The van der Waals surface area contributed by atoms with Gasteiger partial charge >= 0.3 is 5.97 Å². The molecule has 0 aromatic heterocycles. The second kappa shape index (κ2) is 6.57. The Kier molecular flexibility index (Phi) is 4.80. The molecule has 1 unspecified atom stereocenters. The molecule has 0 fully saturated rings. The lowest BCUT2D eigenvalue weighted by atomic mass is 10.0. The number of nitrogens with zero attached hydrogens (tertiary/aromatic N) is 1.